The molecule has 0 bridgehead atoms. The lowest BCUT2D eigenvalue weighted by Crippen LogP contribution is -1.39. The minimum Gasteiger partial charge on any atom is -0.342 e. The number of halogens is 1. The van der Waals surface area contributed by atoms with Crippen LogP contribution in [0, 0.1) is 0 Å². The zero-order chi connectivity index (χ0) is 3.58. The maximum atomic E-state index is 7.66. The Balaban J connectivity index is 2.32. The van der Waals surface area contributed by atoms with Gasteiger partial charge in [0.1, 0.15) is 0 Å². The summed E-state index contributed by atoms with van der Waals surface area (Å²) in [5, 5.41) is 0. The third-order valence-electron chi connectivity index (χ3n) is 0. The highest BCUT2D eigenvalue weighted by Crippen LogP contribution is 2.32. The fourth-order valence-electron chi connectivity index (χ4n) is 0. The smallest absolute Gasteiger partial charge is 0.234 e. The Labute approximate surface area is 38.2 Å². The molecule has 0 heterocycles. The van der Waals surface area contributed by atoms with Gasteiger partial charge in [-0.2, -0.15) is 0 Å². The van der Waals surface area contributed by atoms with Crippen LogP contribution in [0.1, 0.15) is 0 Å². The summed E-state index contributed by atoms with van der Waals surface area (Å²) in [6, 6.07) is -1.65. The van der Waals surface area contributed by atoms with E-state index in [-0.39, 0.29) is 0 Å². The molecule has 26 valence electrons. The van der Waals surface area contributed by atoms with Crippen molar-refractivity contribution in [3.05, 3.63) is 0 Å². The SMILES string of the molecule is OP(O)I. The summed E-state index contributed by atoms with van der Waals surface area (Å²) in [6.45, 7) is 0. The van der Waals surface area contributed by atoms with Crippen molar-refractivity contribution in [2.45, 2.75) is 0 Å². The first-order valence-electron chi connectivity index (χ1n) is 0.569. The molecule has 0 aliphatic carbocycles. The van der Waals surface area contributed by atoms with Gasteiger partial charge in [-0.15, -0.1) is 0 Å². The van der Waals surface area contributed by atoms with Gasteiger partial charge in [0.05, 0.1) is 0 Å². The van der Waals surface area contributed by atoms with Gasteiger partial charge in [-0.05, 0) is 0 Å². The second kappa shape index (κ2) is 2.33. The molecule has 0 aromatic rings. The van der Waals surface area contributed by atoms with Crippen molar-refractivity contribution in [3.63, 3.8) is 0 Å². The van der Waals surface area contributed by atoms with Gasteiger partial charge in [-0.1, -0.05) is 0 Å². The van der Waals surface area contributed by atoms with Gasteiger partial charge < -0.3 is 9.79 Å². The van der Waals surface area contributed by atoms with Crippen LogP contribution in [0.15, 0.2) is 0 Å². The van der Waals surface area contributed by atoms with Crippen LogP contribution in [0.5, 0.6) is 0 Å². The molecule has 0 rings (SSSR count). The van der Waals surface area contributed by atoms with Crippen LogP contribution in [-0.4, -0.2) is 9.79 Å². The monoisotopic (exact) mass is 192 g/mol. The van der Waals surface area contributed by atoms with E-state index in [1.165, 1.54) is 22.0 Å². The molecule has 0 fully saturated rings. The molecule has 0 radical (unpaired) electrons. The van der Waals surface area contributed by atoms with Crippen LogP contribution in [0.25, 0.3) is 0 Å². The molecule has 0 saturated carbocycles. The fraction of sp³-hybridized carbons (Fsp3) is 0. The lowest BCUT2D eigenvalue weighted by atomic mass is 15.9. The standard InChI is InChI=1S/H2IO2P/c1-4(2)3/h2-3H. The molecular formula is H2IO2P. The van der Waals surface area contributed by atoms with E-state index in [0.29, 0.717) is 0 Å². The largest absolute Gasteiger partial charge is 0.342 e. The molecule has 2 N–H and O–H groups in total. The molecule has 0 amide bonds. The number of rotatable bonds is 0. The molecule has 0 saturated heterocycles. The van der Waals surface area contributed by atoms with Crippen LogP contribution in [0.4, 0.5) is 0 Å². The van der Waals surface area contributed by atoms with E-state index in [0.717, 1.165) is 0 Å². The second-order valence-corrected chi connectivity index (χ2v) is 3.31. The Morgan fingerprint density at radius 1 is 1.50 bits per heavy atom. The predicted octanol–water partition coefficient (Wildman–Crippen LogP) is 0.633. The third-order valence-corrected chi connectivity index (χ3v) is 0. The van der Waals surface area contributed by atoms with Gasteiger partial charge in [-0.25, -0.2) is 0 Å². The first-order chi connectivity index (χ1) is 1.73. The summed E-state index contributed by atoms with van der Waals surface area (Å²) in [6.07, 6.45) is 0. The highest BCUT2D eigenvalue weighted by Gasteiger charge is 1.76. The van der Waals surface area contributed by atoms with Crippen molar-refractivity contribution in [3.8, 4) is 0 Å². The molecule has 0 atom stereocenters. The average molecular weight is 192 g/mol. The first kappa shape index (κ1) is 5.08. The minimum atomic E-state index is -1.65. The van der Waals surface area contributed by atoms with E-state index in [2.05, 4.69) is 0 Å². The van der Waals surface area contributed by atoms with Gasteiger partial charge in [0.15, 0.2) is 0 Å². The van der Waals surface area contributed by atoms with Crippen molar-refractivity contribution in [1.82, 2.24) is 0 Å². The zero-order valence-corrected chi connectivity index (χ0v) is 4.77. The Kier molecular flexibility index (Phi) is 2.95. The molecule has 4 heteroatoms. The molecule has 0 aromatic heterocycles. The average Bonchev–Trinajstić information content (AvgIpc) is 0.811. The lowest BCUT2D eigenvalue weighted by molar-refractivity contribution is 0.509. The topological polar surface area (TPSA) is 40.5 Å². The fourth-order valence-corrected chi connectivity index (χ4v) is 0. The molecule has 0 aliphatic rings. The summed E-state index contributed by atoms with van der Waals surface area (Å²) in [4.78, 5) is 15.3. The Morgan fingerprint density at radius 2 is 1.50 bits per heavy atom. The Morgan fingerprint density at radius 3 is 1.50 bits per heavy atom. The summed E-state index contributed by atoms with van der Waals surface area (Å²) < 4.78 is 0. The van der Waals surface area contributed by atoms with E-state index in [9.17, 15) is 0 Å². The van der Waals surface area contributed by atoms with Crippen molar-refractivity contribution in [2.24, 2.45) is 0 Å². The Bertz CT molecular complexity index is 10.8. The molecule has 4 heavy (non-hydrogen) atoms. The number of hydrogen-bond donors (Lipinski definition) is 2. The van der Waals surface area contributed by atoms with Gasteiger partial charge >= 0.3 is 0 Å². The minimum absolute atomic E-state index is 1.52. The highest BCUT2D eigenvalue weighted by atomic mass is 127. The maximum absolute atomic E-state index is 7.66. The second-order valence-electron chi connectivity index (χ2n) is 0.241. The van der Waals surface area contributed by atoms with Gasteiger partial charge in [0, 0.05) is 22.0 Å². The quantitative estimate of drug-likeness (QED) is 0.436. The van der Waals surface area contributed by atoms with E-state index < -0.39 is 6.02 Å². The molecule has 0 spiro atoms. The molecule has 0 aliphatic heterocycles. The van der Waals surface area contributed by atoms with Crippen LogP contribution >= 0.6 is 28.1 Å². The summed E-state index contributed by atoms with van der Waals surface area (Å²) >= 11 is 1.52. The Hall–Kier alpha value is 1.08. The van der Waals surface area contributed by atoms with E-state index in [1.807, 2.05) is 0 Å². The van der Waals surface area contributed by atoms with Crippen molar-refractivity contribution in [1.29, 1.82) is 0 Å². The van der Waals surface area contributed by atoms with Crippen LogP contribution in [0.2, 0.25) is 0 Å². The molecule has 2 nitrogen and oxygen atoms in total. The van der Waals surface area contributed by atoms with Crippen LogP contribution in [0.3, 0.4) is 0 Å². The maximum Gasteiger partial charge on any atom is 0.234 e. The van der Waals surface area contributed by atoms with Crippen molar-refractivity contribution in [2.75, 3.05) is 0 Å². The normalized spacial score (nSPS) is 9.00. The molecular weight excluding hydrogens is 190 g/mol. The van der Waals surface area contributed by atoms with E-state index in [1.54, 1.807) is 0 Å². The van der Waals surface area contributed by atoms with E-state index >= 15 is 0 Å². The molecule has 0 unspecified atom stereocenters. The van der Waals surface area contributed by atoms with Crippen molar-refractivity contribution >= 4 is 28.1 Å². The van der Waals surface area contributed by atoms with Gasteiger partial charge in [0.25, 0.3) is 0 Å². The summed E-state index contributed by atoms with van der Waals surface area (Å²) in [7, 11) is 0. The summed E-state index contributed by atoms with van der Waals surface area (Å²) in [5.41, 5.74) is 0. The molecule has 0 aromatic carbocycles. The van der Waals surface area contributed by atoms with Crippen molar-refractivity contribution < 1.29 is 9.79 Å². The van der Waals surface area contributed by atoms with E-state index in [4.69, 9.17) is 9.79 Å². The zero-order valence-electron chi connectivity index (χ0n) is 1.72. The van der Waals surface area contributed by atoms with Crippen LogP contribution in [-0.2, 0) is 0 Å². The summed E-state index contributed by atoms with van der Waals surface area (Å²) in [5.74, 6) is 0. The lowest BCUT2D eigenvalue weighted by Gasteiger charge is -1.75. The van der Waals surface area contributed by atoms with Gasteiger partial charge in [-0.3, -0.25) is 0 Å². The third kappa shape index (κ3) is 11.4. The first-order valence-corrected chi connectivity index (χ1v) is 4.60. The van der Waals surface area contributed by atoms with Crippen LogP contribution < -0.4 is 0 Å². The highest BCUT2D eigenvalue weighted by molar-refractivity contribution is 14.2. The number of hydrogen-bond acceptors (Lipinski definition) is 2. The predicted molar refractivity (Wildman–Crippen MR) is 25.4 cm³/mol. The van der Waals surface area contributed by atoms with Gasteiger partial charge in [0.2, 0.25) is 6.02 Å².